The molecule has 0 bridgehead atoms. The van der Waals surface area contributed by atoms with Gasteiger partial charge in [0.25, 0.3) is 0 Å². The molecule has 1 saturated carbocycles. The van der Waals surface area contributed by atoms with Crippen molar-refractivity contribution in [2.24, 2.45) is 0 Å². The minimum Gasteiger partial charge on any atom is -0.444 e. The molecule has 14 heteroatoms. The van der Waals surface area contributed by atoms with E-state index in [1.807, 2.05) is 6.92 Å². The van der Waals surface area contributed by atoms with Crippen molar-refractivity contribution in [3.63, 3.8) is 0 Å². The summed E-state index contributed by atoms with van der Waals surface area (Å²) in [6, 6.07) is 4.05. The van der Waals surface area contributed by atoms with Gasteiger partial charge in [0.15, 0.2) is 5.82 Å². The normalized spacial score (nSPS) is 14.5. The number of aromatic nitrogens is 3. The molecular weight excluding hydrogens is 567 g/mol. The topological polar surface area (TPSA) is 135 Å². The lowest BCUT2D eigenvalue weighted by Gasteiger charge is -2.22. The highest BCUT2D eigenvalue weighted by molar-refractivity contribution is 7.92. The SMILES string of the molecule is C[C@@H](CNc1nccc(-c2sc(C3CC3)nc2-c2cc(Cl)cc(NS(C)(=O)=O)c2F)n1)NC(=O)OC(C)(C)C. The third-order valence-electron chi connectivity index (χ3n) is 5.38. The molecule has 0 saturated heterocycles. The summed E-state index contributed by atoms with van der Waals surface area (Å²) in [5.41, 5.74) is 0.0307. The summed E-state index contributed by atoms with van der Waals surface area (Å²) in [5.74, 6) is -0.186. The van der Waals surface area contributed by atoms with Crippen LogP contribution in [0.4, 0.5) is 20.8 Å². The molecule has 1 atom stereocenters. The molecule has 10 nitrogen and oxygen atoms in total. The number of rotatable bonds is 9. The zero-order valence-corrected chi connectivity index (χ0v) is 24.5. The molecule has 1 aromatic carbocycles. The molecule has 3 aromatic rings. The number of carbonyl (C=O) groups is 1. The predicted octanol–water partition coefficient (Wildman–Crippen LogP) is 5.63. The number of nitrogens with one attached hydrogen (secondary N) is 3. The van der Waals surface area contributed by atoms with E-state index in [0.29, 0.717) is 28.8 Å². The molecule has 1 amide bonds. The van der Waals surface area contributed by atoms with E-state index in [1.54, 1.807) is 33.0 Å². The maximum Gasteiger partial charge on any atom is 0.407 e. The van der Waals surface area contributed by atoms with Crippen molar-refractivity contribution in [3.05, 3.63) is 40.2 Å². The van der Waals surface area contributed by atoms with Crippen molar-refractivity contribution in [1.82, 2.24) is 20.3 Å². The van der Waals surface area contributed by atoms with E-state index in [2.05, 4.69) is 25.3 Å². The molecule has 2 heterocycles. The highest BCUT2D eigenvalue weighted by Crippen LogP contribution is 2.47. The Labute approximate surface area is 235 Å². The van der Waals surface area contributed by atoms with E-state index < -0.39 is 27.5 Å². The summed E-state index contributed by atoms with van der Waals surface area (Å²) in [6.45, 7) is 7.50. The van der Waals surface area contributed by atoms with Crippen LogP contribution >= 0.6 is 22.9 Å². The maximum absolute atomic E-state index is 15.6. The lowest BCUT2D eigenvalue weighted by atomic mass is 10.1. The summed E-state index contributed by atoms with van der Waals surface area (Å²) in [7, 11) is -3.74. The van der Waals surface area contributed by atoms with Gasteiger partial charge in [-0.15, -0.1) is 11.3 Å². The van der Waals surface area contributed by atoms with Crippen LogP contribution in [0.15, 0.2) is 24.4 Å². The van der Waals surface area contributed by atoms with Gasteiger partial charge in [0.2, 0.25) is 16.0 Å². The number of anilines is 2. The molecule has 0 spiro atoms. The zero-order chi connectivity index (χ0) is 28.5. The number of hydrogen-bond acceptors (Lipinski definition) is 9. The molecule has 3 N–H and O–H groups in total. The van der Waals surface area contributed by atoms with Gasteiger partial charge in [-0.1, -0.05) is 11.6 Å². The summed E-state index contributed by atoms with van der Waals surface area (Å²) in [4.78, 5) is 26.2. The van der Waals surface area contributed by atoms with Gasteiger partial charge in [0.1, 0.15) is 5.60 Å². The molecule has 2 aromatic heterocycles. The summed E-state index contributed by atoms with van der Waals surface area (Å²) in [5, 5.41) is 6.85. The first-order valence-electron chi connectivity index (χ1n) is 12.2. The van der Waals surface area contributed by atoms with Gasteiger partial charge in [-0.2, -0.15) is 0 Å². The van der Waals surface area contributed by atoms with Crippen molar-refractivity contribution in [2.75, 3.05) is 22.8 Å². The van der Waals surface area contributed by atoms with E-state index in [0.717, 1.165) is 24.1 Å². The third-order valence-corrected chi connectivity index (χ3v) is 7.43. The number of hydrogen-bond donors (Lipinski definition) is 3. The number of amides is 1. The average Bonchev–Trinajstić information content (AvgIpc) is 3.56. The second-order valence-electron chi connectivity index (χ2n) is 10.4. The first-order valence-corrected chi connectivity index (χ1v) is 15.3. The first kappa shape index (κ1) is 29.0. The van der Waals surface area contributed by atoms with Gasteiger partial charge in [-0.3, -0.25) is 4.72 Å². The van der Waals surface area contributed by atoms with Crippen molar-refractivity contribution < 1.29 is 22.3 Å². The molecule has 39 heavy (non-hydrogen) atoms. The largest absolute Gasteiger partial charge is 0.444 e. The smallest absolute Gasteiger partial charge is 0.407 e. The predicted molar refractivity (Wildman–Crippen MR) is 151 cm³/mol. The zero-order valence-electron chi connectivity index (χ0n) is 22.1. The highest BCUT2D eigenvalue weighted by Gasteiger charge is 2.31. The first-order chi connectivity index (χ1) is 18.2. The molecule has 0 unspecified atom stereocenters. The quantitative estimate of drug-likeness (QED) is 0.289. The number of ether oxygens (including phenoxy) is 1. The minimum atomic E-state index is -3.74. The molecule has 210 valence electrons. The number of carbonyl (C=O) groups excluding carboxylic acids is 1. The number of sulfonamides is 1. The number of benzene rings is 1. The number of nitrogens with zero attached hydrogens (tertiary/aromatic N) is 3. The summed E-state index contributed by atoms with van der Waals surface area (Å²) >= 11 is 7.66. The van der Waals surface area contributed by atoms with Crippen LogP contribution in [-0.2, 0) is 14.8 Å². The Morgan fingerprint density at radius 1 is 1.28 bits per heavy atom. The lowest BCUT2D eigenvalue weighted by molar-refractivity contribution is 0.0511. The van der Waals surface area contributed by atoms with Crippen molar-refractivity contribution in [2.45, 2.75) is 58.1 Å². The van der Waals surface area contributed by atoms with Gasteiger partial charge < -0.3 is 15.4 Å². The van der Waals surface area contributed by atoms with Gasteiger partial charge in [0.05, 0.1) is 33.2 Å². The van der Waals surface area contributed by atoms with E-state index in [1.165, 1.54) is 23.5 Å². The van der Waals surface area contributed by atoms with E-state index in [-0.39, 0.29) is 28.2 Å². The van der Waals surface area contributed by atoms with Gasteiger partial charge >= 0.3 is 6.09 Å². The fraction of sp³-hybridized carbons (Fsp3) is 0.440. The standard InChI is InChI=1S/C25H30ClFN6O4S2/c1-13(30-24(34)37-25(2,3)4)12-29-23-28-9-8-17(31-23)21-20(32-22(38-21)14-6-7-14)16-10-15(26)11-18(19(16)27)33-39(5,35)36/h8-11,13-14,33H,6-7,12H2,1-5H3,(H,30,34)(H,28,29,31)/t13-/m0/s1. The fourth-order valence-electron chi connectivity index (χ4n) is 3.61. The fourth-order valence-corrected chi connectivity index (χ4v) is 5.59. The molecular formula is C25H30ClFN6O4S2. The second kappa shape index (κ2) is 11.2. The average molecular weight is 597 g/mol. The van der Waals surface area contributed by atoms with Crippen LogP contribution in [0.25, 0.3) is 21.8 Å². The van der Waals surface area contributed by atoms with Crippen LogP contribution in [0, 0.1) is 5.82 Å². The van der Waals surface area contributed by atoms with Crippen LogP contribution in [0.5, 0.6) is 0 Å². The van der Waals surface area contributed by atoms with Crippen LogP contribution in [0.2, 0.25) is 5.02 Å². The molecule has 1 fully saturated rings. The Balaban J connectivity index is 1.62. The van der Waals surface area contributed by atoms with Crippen molar-refractivity contribution in [1.29, 1.82) is 0 Å². The Bertz CT molecular complexity index is 1490. The van der Waals surface area contributed by atoms with E-state index >= 15 is 4.39 Å². The third kappa shape index (κ3) is 7.99. The highest BCUT2D eigenvalue weighted by atomic mass is 35.5. The number of alkyl carbamates (subject to hydrolysis) is 1. The maximum atomic E-state index is 15.6. The molecule has 0 aliphatic heterocycles. The van der Waals surface area contributed by atoms with Gasteiger partial charge in [0, 0.05) is 35.3 Å². The Morgan fingerprint density at radius 3 is 2.64 bits per heavy atom. The molecule has 0 radical (unpaired) electrons. The lowest BCUT2D eigenvalue weighted by Crippen LogP contribution is -2.41. The molecule has 4 rings (SSSR count). The second-order valence-corrected chi connectivity index (χ2v) is 13.6. The van der Waals surface area contributed by atoms with Crippen LogP contribution in [0.3, 0.4) is 0 Å². The van der Waals surface area contributed by atoms with Crippen molar-refractivity contribution >= 4 is 50.7 Å². The molecule has 1 aliphatic carbocycles. The van der Waals surface area contributed by atoms with Crippen LogP contribution in [0.1, 0.15) is 51.5 Å². The summed E-state index contributed by atoms with van der Waals surface area (Å²) in [6.07, 6.45) is 3.96. The van der Waals surface area contributed by atoms with Gasteiger partial charge in [-0.25, -0.2) is 32.6 Å². The minimum absolute atomic E-state index is 0.0649. The van der Waals surface area contributed by atoms with Crippen LogP contribution < -0.4 is 15.4 Å². The van der Waals surface area contributed by atoms with Gasteiger partial charge in [-0.05, 0) is 58.7 Å². The Hall–Kier alpha value is -3.03. The Morgan fingerprint density at radius 2 is 2.00 bits per heavy atom. The van der Waals surface area contributed by atoms with Crippen LogP contribution in [-0.4, -0.2) is 53.9 Å². The monoisotopic (exact) mass is 596 g/mol. The van der Waals surface area contributed by atoms with E-state index in [9.17, 15) is 13.2 Å². The number of halogens is 2. The summed E-state index contributed by atoms with van der Waals surface area (Å²) < 4.78 is 46.6. The number of thiazole rings is 1. The van der Waals surface area contributed by atoms with Crippen molar-refractivity contribution in [3.8, 4) is 21.8 Å². The molecule has 1 aliphatic rings. The van der Waals surface area contributed by atoms with E-state index in [4.69, 9.17) is 21.3 Å². The Kier molecular flexibility index (Phi) is 8.33.